The van der Waals surface area contributed by atoms with Crippen LogP contribution in [0.3, 0.4) is 0 Å². The molecule has 1 rings (SSSR count). The number of anilines is 1. The zero-order valence-electron chi connectivity index (χ0n) is 11.5. The number of nitrogens with one attached hydrogen (secondary N) is 2. The van der Waals surface area contributed by atoms with Crippen LogP contribution >= 0.6 is 0 Å². The van der Waals surface area contributed by atoms with Crippen LogP contribution in [0.4, 0.5) is 5.95 Å². The van der Waals surface area contributed by atoms with E-state index >= 15 is 0 Å². The van der Waals surface area contributed by atoms with Crippen molar-refractivity contribution in [1.29, 1.82) is 0 Å². The van der Waals surface area contributed by atoms with Gasteiger partial charge in [-0.3, -0.25) is 0 Å². The average Bonchev–Trinajstić information content (AvgIpc) is 2.28. The van der Waals surface area contributed by atoms with Crippen LogP contribution in [0.15, 0.2) is 12.4 Å². The Morgan fingerprint density at radius 2 is 1.82 bits per heavy atom. The third-order valence-corrected chi connectivity index (χ3v) is 2.78. The first-order valence-corrected chi connectivity index (χ1v) is 6.25. The molecule has 96 valence electrons. The Labute approximate surface area is 104 Å². The number of nitrogens with zero attached hydrogens (tertiary/aromatic N) is 2. The molecule has 0 saturated carbocycles. The van der Waals surface area contributed by atoms with Gasteiger partial charge in [0, 0.05) is 36.1 Å². The van der Waals surface area contributed by atoms with Crippen LogP contribution < -0.4 is 10.6 Å². The van der Waals surface area contributed by atoms with Crippen LogP contribution in [-0.4, -0.2) is 21.5 Å². The molecule has 4 nitrogen and oxygen atoms in total. The molecular weight excluding hydrogens is 212 g/mol. The van der Waals surface area contributed by atoms with Gasteiger partial charge in [-0.15, -0.1) is 0 Å². The first kappa shape index (κ1) is 13.9. The Balaban J connectivity index is 2.51. The van der Waals surface area contributed by atoms with Crippen molar-refractivity contribution >= 4 is 5.95 Å². The van der Waals surface area contributed by atoms with Gasteiger partial charge in [0.15, 0.2) is 0 Å². The Hall–Kier alpha value is -1.16. The molecule has 1 aromatic heterocycles. The van der Waals surface area contributed by atoms with Crippen molar-refractivity contribution in [2.75, 3.05) is 5.32 Å². The molecule has 0 spiro atoms. The Morgan fingerprint density at radius 3 is 2.29 bits per heavy atom. The summed E-state index contributed by atoms with van der Waals surface area (Å²) in [6, 6.07) is 0.359. The van der Waals surface area contributed by atoms with Crippen LogP contribution in [0.1, 0.15) is 46.6 Å². The van der Waals surface area contributed by atoms with E-state index in [2.05, 4.69) is 55.2 Å². The summed E-state index contributed by atoms with van der Waals surface area (Å²) in [5, 5.41) is 6.66. The van der Waals surface area contributed by atoms with E-state index in [0.29, 0.717) is 12.0 Å². The van der Waals surface area contributed by atoms with Crippen molar-refractivity contribution in [3.63, 3.8) is 0 Å². The molecule has 1 heterocycles. The Bertz CT molecular complexity index is 330. The summed E-state index contributed by atoms with van der Waals surface area (Å²) in [5.41, 5.74) is 1.27. The topological polar surface area (TPSA) is 49.8 Å². The lowest BCUT2D eigenvalue weighted by Crippen LogP contribution is -2.37. The molecule has 0 atom stereocenters. The van der Waals surface area contributed by atoms with Crippen molar-refractivity contribution in [3.05, 3.63) is 18.0 Å². The summed E-state index contributed by atoms with van der Waals surface area (Å²) in [4.78, 5) is 8.57. The number of rotatable bonds is 6. The van der Waals surface area contributed by atoms with Gasteiger partial charge in [0.05, 0.1) is 0 Å². The molecular formula is C13H24N4. The summed E-state index contributed by atoms with van der Waals surface area (Å²) >= 11 is 0. The zero-order valence-corrected chi connectivity index (χ0v) is 11.5. The van der Waals surface area contributed by atoms with Gasteiger partial charge in [0.1, 0.15) is 0 Å². The SMILES string of the molecule is CCC(C)(C)NCc1cnc(NC(C)C)nc1. The Morgan fingerprint density at radius 1 is 1.24 bits per heavy atom. The fourth-order valence-electron chi connectivity index (χ4n) is 1.25. The zero-order chi connectivity index (χ0) is 12.9. The number of hydrogen-bond donors (Lipinski definition) is 2. The fourth-order valence-corrected chi connectivity index (χ4v) is 1.25. The predicted molar refractivity (Wildman–Crippen MR) is 72.0 cm³/mol. The second-order valence-corrected chi connectivity index (χ2v) is 5.30. The standard InChI is InChI=1S/C13H24N4/c1-6-13(4,5)16-9-11-7-14-12(15-8-11)17-10(2)3/h7-8,10,16H,6,9H2,1-5H3,(H,14,15,17). The average molecular weight is 236 g/mol. The highest BCUT2D eigenvalue weighted by Crippen LogP contribution is 2.09. The molecule has 2 N–H and O–H groups in total. The fraction of sp³-hybridized carbons (Fsp3) is 0.692. The van der Waals surface area contributed by atoms with Gasteiger partial charge in [-0.05, 0) is 34.1 Å². The molecule has 4 heteroatoms. The quantitative estimate of drug-likeness (QED) is 0.797. The molecule has 0 amide bonds. The highest BCUT2D eigenvalue weighted by atomic mass is 15.1. The van der Waals surface area contributed by atoms with Crippen molar-refractivity contribution in [2.24, 2.45) is 0 Å². The van der Waals surface area contributed by atoms with Crippen LogP contribution in [0, 0.1) is 0 Å². The predicted octanol–water partition coefficient (Wildman–Crippen LogP) is 2.58. The maximum atomic E-state index is 4.28. The largest absolute Gasteiger partial charge is 0.352 e. The first-order chi connectivity index (χ1) is 7.93. The van der Waals surface area contributed by atoms with Crippen LogP contribution in [0.5, 0.6) is 0 Å². The van der Waals surface area contributed by atoms with E-state index in [1.54, 1.807) is 0 Å². The third kappa shape index (κ3) is 5.13. The lowest BCUT2D eigenvalue weighted by atomic mass is 10.0. The molecule has 0 radical (unpaired) electrons. The van der Waals surface area contributed by atoms with E-state index in [1.807, 2.05) is 12.4 Å². The summed E-state index contributed by atoms with van der Waals surface area (Å²) in [6.07, 6.45) is 4.84. The van der Waals surface area contributed by atoms with E-state index in [1.165, 1.54) is 0 Å². The normalized spacial score (nSPS) is 11.9. The maximum Gasteiger partial charge on any atom is 0.222 e. The lowest BCUT2D eigenvalue weighted by molar-refractivity contribution is 0.374. The van der Waals surface area contributed by atoms with Gasteiger partial charge in [-0.1, -0.05) is 6.92 Å². The molecule has 0 aliphatic rings. The smallest absolute Gasteiger partial charge is 0.222 e. The first-order valence-electron chi connectivity index (χ1n) is 6.25. The monoisotopic (exact) mass is 236 g/mol. The van der Waals surface area contributed by atoms with E-state index in [4.69, 9.17) is 0 Å². The van der Waals surface area contributed by atoms with Gasteiger partial charge in [-0.2, -0.15) is 0 Å². The van der Waals surface area contributed by atoms with Crippen LogP contribution in [0.25, 0.3) is 0 Å². The molecule has 0 saturated heterocycles. The van der Waals surface area contributed by atoms with Gasteiger partial charge >= 0.3 is 0 Å². The third-order valence-electron chi connectivity index (χ3n) is 2.78. The highest BCUT2D eigenvalue weighted by molar-refractivity contribution is 5.25. The molecule has 0 aliphatic carbocycles. The highest BCUT2D eigenvalue weighted by Gasteiger charge is 2.13. The summed E-state index contributed by atoms with van der Waals surface area (Å²) in [7, 11) is 0. The van der Waals surface area contributed by atoms with Crippen molar-refractivity contribution in [1.82, 2.24) is 15.3 Å². The number of hydrogen-bond acceptors (Lipinski definition) is 4. The molecule has 17 heavy (non-hydrogen) atoms. The lowest BCUT2D eigenvalue weighted by Gasteiger charge is -2.24. The summed E-state index contributed by atoms with van der Waals surface area (Å²) < 4.78 is 0. The van der Waals surface area contributed by atoms with Crippen LogP contribution in [-0.2, 0) is 6.54 Å². The summed E-state index contributed by atoms with van der Waals surface area (Å²) in [6.45, 7) is 11.5. The Kier molecular flexibility index (Phi) is 4.87. The van der Waals surface area contributed by atoms with Gasteiger partial charge < -0.3 is 10.6 Å². The minimum Gasteiger partial charge on any atom is -0.352 e. The van der Waals surface area contributed by atoms with E-state index in [-0.39, 0.29) is 5.54 Å². The van der Waals surface area contributed by atoms with Crippen molar-refractivity contribution in [2.45, 2.75) is 59.2 Å². The van der Waals surface area contributed by atoms with Gasteiger partial charge in [-0.25, -0.2) is 9.97 Å². The molecule has 1 aromatic rings. The second kappa shape index (κ2) is 5.96. The van der Waals surface area contributed by atoms with E-state index in [0.717, 1.165) is 18.5 Å². The minimum atomic E-state index is 0.162. The molecule has 0 aromatic carbocycles. The summed E-state index contributed by atoms with van der Waals surface area (Å²) in [5.74, 6) is 0.693. The van der Waals surface area contributed by atoms with Gasteiger partial charge in [0.25, 0.3) is 0 Å². The van der Waals surface area contributed by atoms with Gasteiger partial charge in [0.2, 0.25) is 5.95 Å². The van der Waals surface area contributed by atoms with Crippen molar-refractivity contribution < 1.29 is 0 Å². The van der Waals surface area contributed by atoms with Crippen LogP contribution in [0.2, 0.25) is 0 Å². The van der Waals surface area contributed by atoms with E-state index in [9.17, 15) is 0 Å². The molecule has 0 bridgehead atoms. The molecule has 0 aliphatic heterocycles. The molecule has 0 fully saturated rings. The second-order valence-electron chi connectivity index (χ2n) is 5.30. The minimum absolute atomic E-state index is 0.162. The molecule has 0 unspecified atom stereocenters. The maximum absolute atomic E-state index is 4.28. The van der Waals surface area contributed by atoms with Crippen molar-refractivity contribution in [3.8, 4) is 0 Å². The van der Waals surface area contributed by atoms with E-state index < -0.39 is 0 Å². The number of aromatic nitrogens is 2.